The first-order valence-electron chi connectivity index (χ1n) is 3.87. The normalized spacial score (nSPS) is 12.4. The maximum Gasteiger partial charge on any atom is 0.322 e. The van der Waals surface area contributed by atoms with Gasteiger partial charge in [0.2, 0.25) is 0 Å². The van der Waals surface area contributed by atoms with Gasteiger partial charge in [0.05, 0.1) is 0 Å². The van der Waals surface area contributed by atoms with Gasteiger partial charge in [-0.15, -0.1) is 0 Å². The summed E-state index contributed by atoms with van der Waals surface area (Å²) in [6.07, 6.45) is 0.389. The number of carboxylic acid groups (broad SMARTS) is 1. The van der Waals surface area contributed by atoms with E-state index < -0.39 is 12.0 Å². The van der Waals surface area contributed by atoms with Crippen LogP contribution in [0.2, 0.25) is 0 Å². The zero-order chi connectivity index (χ0) is 9.68. The van der Waals surface area contributed by atoms with Gasteiger partial charge in [-0.3, -0.25) is 4.79 Å². The van der Waals surface area contributed by atoms with Gasteiger partial charge in [-0.25, -0.2) is 4.84 Å². The molecule has 0 fully saturated rings. The van der Waals surface area contributed by atoms with E-state index in [1.54, 1.807) is 0 Å². The second kappa shape index (κ2) is 4.84. The van der Waals surface area contributed by atoms with Crippen molar-refractivity contribution in [3.63, 3.8) is 0 Å². The molecule has 0 unspecified atom stereocenters. The highest BCUT2D eigenvalue weighted by Crippen LogP contribution is 2.03. The molecule has 1 aromatic carbocycles. The van der Waals surface area contributed by atoms with Crippen LogP contribution < -0.4 is 4.84 Å². The van der Waals surface area contributed by atoms with Crippen molar-refractivity contribution < 1.29 is 9.90 Å². The zero-order valence-electron chi connectivity index (χ0n) is 6.90. The Morgan fingerprint density at radius 1 is 1.46 bits per heavy atom. The van der Waals surface area contributed by atoms with E-state index in [0.29, 0.717) is 6.42 Å². The molecular formula is C9H10ClNO2. The quantitative estimate of drug-likeness (QED) is 0.722. The molecule has 0 radical (unpaired) electrons. The molecule has 0 heterocycles. The van der Waals surface area contributed by atoms with Crippen LogP contribution in [-0.2, 0) is 11.2 Å². The predicted molar refractivity (Wildman–Crippen MR) is 50.6 cm³/mol. The van der Waals surface area contributed by atoms with Gasteiger partial charge in [0.1, 0.15) is 6.04 Å². The highest BCUT2D eigenvalue weighted by Gasteiger charge is 2.15. The molecule has 70 valence electrons. The monoisotopic (exact) mass is 199 g/mol. The molecule has 13 heavy (non-hydrogen) atoms. The van der Waals surface area contributed by atoms with E-state index >= 15 is 0 Å². The van der Waals surface area contributed by atoms with Crippen LogP contribution in [-0.4, -0.2) is 17.1 Å². The molecule has 0 aliphatic heterocycles. The van der Waals surface area contributed by atoms with Crippen LogP contribution in [0.25, 0.3) is 0 Å². The topological polar surface area (TPSA) is 49.3 Å². The predicted octanol–water partition coefficient (Wildman–Crippen LogP) is 1.43. The van der Waals surface area contributed by atoms with Gasteiger partial charge in [0.15, 0.2) is 0 Å². The molecule has 0 aliphatic rings. The van der Waals surface area contributed by atoms with Gasteiger partial charge in [-0.1, -0.05) is 30.3 Å². The van der Waals surface area contributed by atoms with E-state index in [4.69, 9.17) is 16.9 Å². The van der Waals surface area contributed by atoms with Crippen LogP contribution in [0, 0.1) is 0 Å². The van der Waals surface area contributed by atoms with Crippen molar-refractivity contribution >= 4 is 17.7 Å². The Bertz CT molecular complexity index is 276. The fourth-order valence-corrected chi connectivity index (χ4v) is 1.19. The van der Waals surface area contributed by atoms with Crippen LogP contribution in [0.5, 0.6) is 0 Å². The number of hydrogen-bond acceptors (Lipinski definition) is 2. The Hall–Kier alpha value is -1.06. The van der Waals surface area contributed by atoms with Gasteiger partial charge in [-0.05, 0) is 23.8 Å². The zero-order valence-corrected chi connectivity index (χ0v) is 7.66. The summed E-state index contributed by atoms with van der Waals surface area (Å²) in [6, 6.07) is 8.61. The number of halogens is 1. The Labute approximate surface area is 81.4 Å². The molecule has 0 amide bonds. The maximum absolute atomic E-state index is 10.6. The minimum Gasteiger partial charge on any atom is -0.480 e. The summed E-state index contributed by atoms with van der Waals surface area (Å²) in [7, 11) is 0. The van der Waals surface area contributed by atoms with Crippen molar-refractivity contribution in [1.29, 1.82) is 0 Å². The highest BCUT2D eigenvalue weighted by atomic mass is 35.5. The molecule has 0 saturated heterocycles. The molecule has 4 heteroatoms. The lowest BCUT2D eigenvalue weighted by atomic mass is 10.1. The van der Waals surface area contributed by atoms with E-state index in [1.165, 1.54) is 0 Å². The van der Waals surface area contributed by atoms with E-state index in [9.17, 15) is 4.79 Å². The molecule has 0 bridgehead atoms. The van der Waals surface area contributed by atoms with Crippen LogP contribution in [0.15, 0.2) is 30.3 Å². The summed E-state index contributed by atoms with van der Waals surface area (Å²) >= 11 is 5.28. The number of rotatable bonds is 4. The van der Waals surface area contributed by atoms with Crippen LogP contribution >= 0.6 is 11.8 Å². The summed E-state index contributed by atoms with van der Waals surface area (Å²) < 4.78 is 0. The molecule has 2 N–H and O–H groups in total. The van der Waals surface area contributed by atoms with Crippen LogP contribution in [0.3, 0.4) is 0 Å². The molecule has 0 aromatic heterocycles. The summed E-state index contributed by atoms with van der Waals surface area (Å²) in [5, 5.41) is 8.69. The van der Waals surface area contributed by atoms with Crippen molar-refractivity contribution in [2.45, 2.75) is 12.5 Å². The van der Waals surface area contributed by atoms with Gasteiger partial charge >= 0.3 is 5.97 Å². The second-order valence-electron chi connectivity index (χ2n) is 2.69. The fraction of sp³-hybridized carbons (Fsp3) is 0.222. The Morgan fingerprint density at radius 2 is 2.08 bits per heavy atom. The van der Waals surface area contributed by atoms with Crippen molar-refractivity contribution in [3.05, 3.63) is 35.9 Å². The van der Waals surface area contributed by atoms with Gasteiger partial charge < -0.3 is 5.11 Å². The maximum atomic E-state index is 10.6. The molecule has 3 nitrogen and oxygen atoms in total. The van der Waals surface area contributed by atoms with E-state index in [-0.39, 0.29) is 0 Å². The average Bonchev–Trinajstić information content (AvgIpc) is 2.15. The molecule has 1 rings (SSSR count). The van der Waals surface area contributed by atoms with E-state index in [0.717, 1.165) is 5.56 Å². The van der Waals surface area contributed by atoms with Crippen LogP contribution in [0.4, 0.5) is 0 Å². The summed E-state index contributed by atoms with van der Waals surface area (Å²) in [6.45, 7) is 0. The first-order chi connectivity index (χ1) is 6.24. The third-order valence-electron chi connectivity index (χ3n) is 1.71. The van der Waals surface area contributed by atoms with Crippen molar-refractivity contribution in [3.8, 4) is 0 Å². The molecule has 1 atom stereocenters. The number of aliphatic carboxylic acids is 1. The van der Waals surface area contributed by atoms with Gasteiger partial charge in [0.25, 0.3) is 0 Å². The summed E-state index contributed by atoms with van der Waals surface area (Å²) in [5.74, 6) is -0.946. The molecule has 0 spiro atoms. The number of hydrogen-bond donors (Lipinski definition) is 2. The lowest BCUT2D eigenvalue weighted by molar-refractivity contribution is -0.138. The first-order valence-corrected chi connectivity index (χ1v) is 4.24. The smallest absolute Gasteiger partial charge is 0.322 e. The van der Waals surface area contributed by atoms with Crippen molar-refractivity contribution in [1.82, 2.24) is 4.84 Å². The van der Waals surface area contributed by atoms with Gasteiger partial charge in [0, 0.05) is 0 Å². The lowest BCUT2D eigenvalue weighted by Crippen LogP contribution is -2.32. The standard InChI is InChI=1S/C9H10ClNO2/c10-11-8(9(12)13)6-7-4-2-1-3-5-7/h1-5,8,11H,6H2,(H,12,13)/t8-/m1/s1. The van der Waals surface area contributed by atoms with E-state index in [2.05, 4.69) is 4.84 Å². The lowest BCUT2D eigenvalue weighted by Gasteiger charge is -2.08. The van der Waals surface area contributed by atoms with Crippen molar-refractivity contribution in [2.24, 2.45) is 0 Å². The second-order valence-corrected chi connectivity index (χ2v) is 2.91. The number of nitrogens with one attached hydrogen (secondary N) is 1. The fourth-order valence-electron chi connectivity index (χ4n) is 1.02. The minimum atomic E-state index is -0.946. The average molecular weight is 200 g/mol. The largest absolute Gasteiger partial charge is 0.480 e. The number of carbonyl (C=O) groups is 1. The molecule has 1 aromatic rings. The van der Waals surface area contributed by atoms with E-state index in [1.807, 2.05) is 30.3 Å². The molecule has 0 saturated carbocycles. The summed E-state index contributed by atoms with van der Waals surface area (Å²) in [4.78, 5) is 12.8. The molecule has 0 aliphatic carbocycles. The first kappa shape index (κ1) is 10.0. The highest BCUT2D eigenvalue weighted by molar-refractivity contribution is 6.14. The van der Waals surface area contributed by atoms with Crippen LogP contribution in [0.1, 0.15) is 5.56 Å². The Morgan fingerprint density at radius 3 is 2.54 bits per heavy atom. The number of carboxylic acids is 1. The Balaban J connectivity index is 2.62. The SMILES string of the molecule is O=C(O)[C@@H](Cc1ccccc1)NCl. The summed E-state index contributed by atoms with van der Waals surface area (Å²) in [5.41, 5.74) is 0.947. The minimum absolute atomic E-state index is 0.389. The third kappa shape index (κ3) is 3.05. The Kier molecular flexibility index (Phi) is 3.73. The molecular weight excluding hydrogens is 190 g/mol. The third-order valence-corrected chi connectivity index (χ3v) is 1.98. The number of benzene rings is 1. The van der Waals surface area contributed by atoms with Crippen molar-refractivity contribution in [2.75, 3.05) is 0 Å². The van der Waals surface area contributed by atoms with Gasteiger partial charge in [-0.2, -0.15) is 0 Å².